The predicted molar refractivity (Wildman–Crippen MR) is 68.6 cm³/mol. The zero-order chi connectivity index (χ0) is 19.4. The van der Waals surface area contributed by atoms with Crippen LogP contribution in [0.2, 0.25) is 0 Å². The van der Waals surface area contributed by atoms with E-state index >= 15 is 0 Å². The predicted octanol–water partition coefficient (Wildman–Crippen LogP) is -1.10. The van der Waals surface area contributed by atoms with Gasteiger partial charge in [0.15, 0.2) is 0 Å². The van der Waals surface area contributed by atoms with E-state index in [0.29, 0.717) is 36.5 Å². The Morgan fingerprint density at radius 2 is 0.760 bits per heavy atom. The van der Waals surface area contributed by atoms with Gasteiger partial charge in [0.25, 0.3) is 0 Å². The van der Waals surface area contributed by atoms with Crippen LogP contribution in [0.15, 0.2) is 36.5 Å². The Kier molecular flexibility index (Phi) is 10.6. The number of aliphatic carboxylic acids is 3. The Labute approximate surface area is 155 Å². The minimum absolute atomic E-state index is 0.408. The monoisotopic (exact) mass is 486 g/mol. The van der Waals surface area contributed by atoms with E-state index in [2.05, 4.69) is 3.02 Å². The number of carbonyl (C=O) groups excluding carboxylic acids is 3. The van der Waals surface area contributed by atoms with Gasteiger partial charge in [0.1, 0.15) is 0 Å². The van der Waals surface area contributed by atoms with Crippen LogP contribution in [0.25, 0.3) is 0 Å². The fourth-order valence-electron chi connectivity index (χ4n) is 0.893. The fraction of sp³-hybridized carbons (Fsp3) is 0. The van der Waals surface area contributed by atoms with Crippen molar-refractivity contribution in [2.24, 2.45) is 0 Å². The molecular formula is C12H9O12Pr. The molecule has 0 aromatic heterocycles. The summed E-state index contributed by atoms with van der Waals surface area (Å²) in [5, 5.41) is 25.1. The standard InChI is InChI=1S/3C4H4O4.Pr/c3*5-3(6)1-2-4(7)8;/h3*1-2H,(H,5,6)(H,7,8);/q;;;+3/p-3/b3*2-1-;. The first kappa shape index (κ1) is 22.4. The molecule has 0 unspecified atom stereocenters. The van der Waals surface area contributed by atoms with Gasteiger partial charge in [-0.05, 0) is 0 Å². The van der Waals surface area contributed by atoms with E-state index in [4.69, 9.17) is 15.3 Å². The van der Waals surface area contributed by atoms with E-state index in [-0.39, 0.29) is 0 Å². The van der Waals surface area contributed by atoms with Crippen LogP contribution in [0.5, 0.6) is 0 Å². The average molecular weight is 486 g/mol. The van der Waals surface area contributed by atoms with Gasteiger partial charge in [-0.2, -0.15) is 0 Å². The molecule has 0 saturated carbocycles. The van der Waals surface area contributed by atoms with Crippen LogP contribution < -0.4 is 0 Å². The van der Waals surface area contributed by atoms with Crippen molar-refractivity contribution in [1.82, 2.24) is 0 Å². The van der Waals surface area contributed by atoms with Gasteiger partial charge in [-0.15, -0.1) is 0 Å². The van der Waals surface area contributed by atoms with Gasteiger partial charge in [-0.1, -0.05) is 0 Å². The molecule has 3 N–H and O–H groups in total. The van der Waals surface area contributed by atoms with E-state index in [1.54, 1.807) is 0 Å². The van der Waals surface area contributed by atoms with Gasteiger partial charge in [-0.25, -0.2) is 0 Å². The molecule has 12 nitrogen and oxygen atoms in total. The van der Waals surface area contributed by atoms with Crippen LogP contribution in [-0.2, 0) is 31.8 Å². The Morgan fingerprint density at radius 1 is 0.520 bits per heavy atom. The molecule has 0 spiro atoms. The van der Waals surface area contributed by atoms with E-state index < -0.39 is 72.6 Å². The Balaban J connectivity index is 5.03. The molecule has 0 aliphatic carbocycles. The number of carboxylic acid groups (broad SMARTS) is 3. The van der Waals surface area contributed by atoms with Crippen LogP contribution in [0.1, 0.15) is 0 Å². The number of carboxylic acids is 3. The first-order valence-corrected chi connectivity index (χ1v) is 10.5. The minimum atomic E-state index is -4.81. The molecule has 0 aliphatic heterocycles. The zero-order valence-corrected chi connectivity index (χ0v) is 15.8. The molecule has 0 heterocycles. The van der Waals surface area contributed by atoms with Crippen molar-refractivity contribution < 1.29 is 83.9 Å². The van der Waals surface area contributed by atoms with Gasteiger partial charge in [0.2, 0.25) is 0 Å². The van der Waals surface area contributed by atoms with Crippen LogP contribution in [-0.4, -0.2) is 51.1 Å². The molecule has 13 heteroatoms. The molecule has 0 amide bonds. The van der Waals surface area contributed by atoms with Gasteiger partial charge in [0, 0.05) is 0 Å². The molecule has 0 fully saturated rings. The van der Waals surface area contributed by atoms with Crippen molar-refractivity contribution in [2.75, 3.05) is 0 Å². The molecule has 0 aromatic carbocycles. The second-order valence-electron chi connectivity index (χ2n) is 3.61. The summed E-state index contributed by atoms with van der Waals surface area (Å²) in [6.45, 7) is 0. The molecule has 0 rings (SSSR count). The summed E-state index contributed by atoms with van der Waals surface area (Å²) in [7, 11) is 0. The van der Waals surface area contributed by atoms with Crippen LogP contribution in [0.3, 0.4) is 0 Å². The van der Waals surface area contributed by atoms with Gasteiger partial charge < -0.3 is 0 Å². The van der Waals surface area contributed by atoms with Crippen molar-refractivity contribution in [3.8, 4) is 0 Å². The SMILES string of the molecule is O=C(O)/C=C\C(=O)[O][Pr]([O]C(=O)/C=C\C(=O)O)[O]C(=O)/C=C\C(=O)O. The molecule has 0 radical (unpaired) electrons. The van der Waals surface area contributed by atoms with Crippen molar-refractivity contribution in [3.05, 3.63) is 36.5 Å². The average Bonchev–Trinajstić information content (AvgIpc) is 2.48. The quantitative estimate of drug-likeness (QED) is 0.334. The van der Waals surface area contributed by atoms with Crippen LogP contribution >= 0.6 is 0 Å². The third-order valence-corrected chi connectivity index (χ3v) is 5.81. The molecule has 25 heavy (non-hydrogen) atoms. The normalized spacial score (nSPS) is 10.6. The second kappa shape index (κ2) is 11.9. The van der Waals surface area contributed by atoms with Crippen molar-refractivity contribution in [2.45, 2.75) is 0 Å². The van der Waals surface area contributed by atoms with E-state index in [0.717, 1.165) is 0 Å². The summed E-state index contributed by atoms with van der Waals surface area (Å²) in [4.78, 5) is 64.8. The Morgan fingerprint density at radius 3 is 0.960 bits per heavy atom. The maximum atomic E-state index is 11.3. The summed E-state index contributed by atoms with van der Waals surface area (Å²) in [5.74, 6) is -8.31. The molecule has 0 bridgehead atoms. The van der Waals surface area contributed by atoms with E-state index in [1.807, 2.05) is 0 Å². The van der Waals surface area contributed by atoms with Gasteiger partial charge in [0.05, 0.1) is 0 Å². The summed E-state index contributed by atoms with van der Waals surface area (Å²) < 4.78 is 13.6. The van der Waals surface area contributed by atoms with Crippen molar-refractivity contribution in [1.29, 1.82) is 0 Å². The Bertz CT molecular complexity index is 569. The molecule has 0 atom stereocenters. The molecule has 132 valence electrons. The number of rotatable bonds is 9. The topological polar surface area (TPSA) is 191 Å². The summed E-state index contributed by atoms with van der Waals surface area (Å²) >= 11 is -4.81. The third-order valence-electron chi connectivity index (χ3n) is 1.72. The zero-order valence-electron chi connectivity index (χ0n) is 12.1. The molecule has 0 aromatic rings. The third kappa shape index (κ3) is 13.5. The number of hydrogen-bond acceptors (Lipinski definition) is 9. The van der Waals surface area contributed by atoms with Gasteiger partial charge >= 0.3 is 156 Å². The van der Waals surface area contributed by atoms with Crippen molar-refractivity contribution in [3.63, 3.8) is 0 Å². The number of hydrogen-bond donors (Lipinski definition) is 3. The van der Waals surface area contributed by atoms with E-state index in [9.17, 15) is 28.8 Å². The molecular weight excluding hydrogens is 477 g/mol. The molecule has 0 aliphatic rings. The van der Waals surface area contributed by atoms with Crippen LogP contribution in [0, 0.1) is 36.8 Å². The fourth-order valence-corrected chi connectivity index (χ4v) is 3.94. The maximum absolute atomic E-state index is 11.3. The van der Waals surface area contributed by atoms with E-state index in [1.165, 1.54) is 0 Å². The Hall–Kier alpha value is -2.60. The molecule has 0 saturated heterocycles. The summed E-state index contributed by atoms with van der Waals surface area (Å²) in [6.07, 6.45) is 2.59. The van der Waals surface area contributed by atoms with Crippen LogP contribution in [0.4, 0.5) is 0 Å². The first-order chi connectivity index (χ1) is 11.6. The first-order valence-electron chi connectivity index (χ1n) is 5.95. The second-order valence-corrected chi connectivity index (χ2v) is 7.73. The van der Waals surface area contributed by atoms with Crippen molar-refractivity contribution >= 4 is 35.8 Å². The summed E-state index contributed by atoms with van der Waals surface area (Å²) in [6, 6.07) is 0. The number of carbonyl (C=O) groups is 6. The summed E-state index contributed by atoms with van der Waals surface area (Å²) in [5.41, 5.74) is 0. The van der Waals surface area contributed by atoms with Gasteiger partial charge in [-0.3, -0.25) is 0 Å².